The third-order valence-electron chi connectivity index (χ3n) is 2.75. The van der Waals surface area contributed by atoms with Gasteiger partial charge >= 0.3 is 0 Å². The van der Waals surface area contributed by atoms with Crippen LogP contribution >= 0.6 is 0 Å². The van der Waals surface area contributed by atoms with Gasteiger partial charge < -0.3 is 4.74 Å². The van der Waals surface area contributed by atoms with Gasteiger partial charge in [0.05, 0.1) is 24.1 Å². The topological polar surface area (TPSA) is 47.4 Å². The number of hydrogen-bond acceptors (Lipinski definition) is 4. The molecule has 1 aromatic carbocycles. The summed E-state index contributed by atoms with van der Waals surface area (Å²) in [6, 6.07) is 10.1. The molecule has 0 spiro atoms. The van der Waals surface area contributed by atoms with Crippen LogP contribution < -0.4 is 0 Å². The van der Waals surface area contributed by atoms with Gasteiger partial charge in [-0.2, -0.15) is 0 Å². The minimum Gasteiger partial charge on any atom is -0.375 e. The summed E-state index contributed by atoms with van der Waals surface area (Å²) in [4.78, 5) is 12.8. The van der Waals surface area contributed by atoms with Crippen LogP contribution in [0.2, 0.25) is 0 Å². The molecular weight excluding hydrogens is 238 g/mol. The molecule has 0 aliphatic heterocycles. The van der Waals surface area contributed by atoms with Crippen LogP contribution in [0.3, 0.4) is 0 Å². The maximum Gasteiger partial charge on any atom is 0.102 e. The largest absolute Gasteiger partial charge is 0.375 e. The van der Waals surface area contributed by atoms with Crippen molar-refractivity contribution in [1.82, 2.24) is 9.97 Å². The third-order valence-corrected chi connectivity index (χ3v) is 2.75. The Bertz CT molecular complexity index is 523. The maximum absolute atomic E-state index is 5.44. The van der Waals surface area contributed by atoms with Crippen LogP contribution in [0.25, 0.3) is 0 Å². The highest BCUT2D eigenvalue weighted by Gasteiger charge is 2.07. The fraction of sp³-hybridized carbons (Fsp3) is 0.267. The molecule has 1 aromatic heterocycles. The van der Waals surface area contributed by atoms with Crippen molar-refractivity contribution in [3.63, 3.8) is 0 Å². The minimum absolute atomic E-state index is 0.0316. The molecule has 0 N–H and O–H groups in total. The molecule has 0 aliphatic carbocycles. The first-order valence-corrected chi connectivity index (χ1v) is 6.16. The van der Waals surface area contributed by atoms with E-state index in [0.717, 1.165) is 17.0 Å². The molecule has 0 fully saturated rings. The van der Waals surface area contributed by atoms with Crippen LogP contribution in [0.1, 0.15) is 23.1 Å². The van der Waals surface area contributed by atoms with Crippen LogP contribution in [0.15, 0.2) is 47.7 Å². The van der Waals surface area contributed by atoms with Gasteiger partial charge in [-0.3, -0.25) is 15.0 Å². The predicted molar refractivity (Wildman–Crippen MR) is 75.4 cm³/mol. The first kappa shape index (κ1) is 13.4. The Morgan fingerprint density at radius 1 is 1.21 bits per heavy atom. The summed E-state index contributed by atoms with van der Waals surface area (Å²) in [5.41, 5.74) is 2.78. The first-order valence-electron chi connectivity index (χ1n) is 6.16. The number of nitrogens with zero attached hydrogens (tertiary/aromatic N) is 3. The number of aryl methyl sites for hydroxylation is 1. The van der Waals surface area contributed by atoms with Crippen molar-refractivity contribution >= 4 is 6.21 Å². The van der Waals surface area contributed by atoms with Crippen molar-refractivity contribution in [1.29, 1.82) is 0 Å². The fourth-order valence-corrected chi connectivity index (χ4v) is 1.69. The van der Waals surface area contributed by atoms with Crippen molar-refractivity contribution in [2.75, 3.05) is 13.7 Å². The Morgan fingerprint density at radius 2 is 2.00 bits per heavy atom. The van der Waals surface area contributed by atoms with Crippen LogP contribution in [-0.2, 0) is 4.74 Å². The Hall–Kier alpha value is -2.07. The summed E-state index contributed by atoms with van der Waals surface area (Å²) in [6.07, 6.45) is 5.13. The van der Waals surface area contributed by atoms with Crippen molar-refractivity contribution < 1.29 is 4.74 Å². The zero-order valence-electron chi connectivity index (χ0n) is 11.2. The average Bonchev–Trinajstić information content (AvgIpc) is 2.46. The van der Waals surface area contributed by atoms with Gasteiger partial charge in [-0.25, -0.2) is 0 Å². The fourth-order valence-electron chi connectivity index (χ4n) is 1.69. The number of aromatic nitrogens is 2. The van der Waals surface area contributed by atoms with E-state index in [2.05, 4.69) is 15.0 Å². The highest BCUT2D eigenvalue weighted by Crippen LogP contribution is 2.16. The van der Waals surface area contributed by atoms with E-state index in [1.165, 1.54) is 0 Å². The van der Waals surface area contributed by atoms with Gasteiger partial charge in [0, 0.05) is 19.5 Å². The molecule has 1 unspecified atom stereocenters. The summed E-state index contributed by atoms with van der Waals surface area (Å²) >= 11 is 0. The van der Waals surface area contributed by atoms with E-state index in [-0.39, 0.29) is 6.10 Å². The van der Waals surface area contributed by atoms with Gasteiger partial charge in [-0.05, 0) is 12.5 Å². The SMILES string of the molecule is COC(CN=Cc1cnc(C)cn1)c1ccccc1. The number of ether oxygens (including phenoxy) is 1. The summed E-state index contributed by atoms with van der Waals surface area (Å²) in [7, 11) is 1.69. The summed E-state index contributed by atoms with van der Waals surface area (Å²) < 4.78 is 5.44. The monoisotopic (exact) mass is 255 g/mol. The lowest BCUT2D eigenvalue weighted by Crippen LogP contribution is -2.05. The Labute approximate surface area is 113 Å². The number of rotatable bonds is 5. The van der Waals surface area contributed by atoms with Gasteiger partial charge in [-0.1, -0.05) is 30.3 Å². The van der Waals surface area contributed by atoms with Crippen LogP contribution in [0, 0.1) is 6.92 Å². The average molecular weight is 255 g/mol. The quantitative estimate of drug-likeness (QED) is 0.771. The molecule has 0 amide bonds. The molecule has 1 atom stereocenters. The van der Waals surface area contributed by atoms with E-state index in [1.807, 2.05) is 37.3 Å². The van der Waals surface area contributed by atoms with Crippen LogP contribution in [-0.4, -0.2) is 29.8 Å². The zero-order chi connectivity index (χ0) is 13.5. The molecule has 2 rings (SSSR count). The van der Waals surface area contributed by atoms with Crippen molar-refractivity contribution in [3.8, 4) is 0 Å². The standard InChI is InChI=1S/C15H17N3O/c1-12-8-18-14(10-17-12)9-16-11-15(19-2)13-6-4-3-5-7-13/h3-10,15H,11H2,1-2H3. The lowest BCUT2D eigenvalue weighted by atomic mass is 10.1. The summed E-state index contributed by atoms with van der Waals surface area (Å²) in [5, 5.41) is 0. The molecule has 0 bridgehead atoms. The maximum atomic E-state index is 5.44. The second-order valence-corrected chi connectivity index (χ2v) is 4.21. The molecule has 19 heavy (non-hydrogen) atoms. The highest BCUT2D eigenvalue weighted by molar-refractivity contribution is 5.76. The van der Waals surface area contributed by atoms with E-state index in [9.17, 15) is 0 Å². The van der Waals surface area contributed by atoms with Gasteiger partial charge in [0.15, 0.2) is 0 Å². The normalized spacial score (nSPS) is 12.7. The van der Waals surface area contributed by atoms with Gasteiger partial charge in [-0.15, -0.1) is 0 Å². The number of aliphatic imine (C=N–C) groups is 1. The molecule has 2 aromatic rings. The zero-order valence-corrected chi connectivity index (χ0v) is 11.2. The van der Waals surface area contributed by atoms with Gasteiger partial charge in [0.25, 0.3) is 0 Å². The second kappa shape index (κ2) is 6.75. The second-order valence-electron chi connectivity index (χ2n) is 4.21. The van der Waals surface area contributed by atoms with Gasteiger partial charge in [0.2, 0.25) is 0 Å². The molecule has 0 saturated heterocycles. The number of benzene rings is 1. The van der Waals surface area contributed by atoms with Crippen molar-refractivity contribution in [3.05, 3.63) is 59.7 Å². The third kappa shape index (κ3) is 3.96. The Balaban J connectivity index is 1.98. The minimum atomic E-state index is -0.0316. The summed E-state index contributed by atoms with van der Waals surface area (Å²) in [5.74, 6) is 0. The summed E-state index contributed by atoms with van der Waals surface area (Å²) in [6.45, 7) is 2.47. The molecule has 4 heteroatoms. The van der Waals surface area contributed by atoms with Crippen molar-refractivity contribution in [2.24, 2.45) is 4.99 Å². The molecule has 0 saturated carbocycles. The predicted octanol–water partition coefficient (Wildman–Crippen LogP) is 2.59. The number of methoxy groups -OCH3 is 1. The van der Waals surface area contributed by atoms with E-state index in [0.29, 0.717) is 6.54 Å². The van der Waals surface area contributed by atoms with Crippen LogP contribution in [0.5, 0.6) is 0 Å². The van der Waals surface area contributed by atoms with Crippen LogP contribution in [0.4, 0.5) is 0 Å². The van der Waals surface area contributed by atoms with E-state index >= 15 is 0 Å². The Morgan fingerprint density at radius 3 is 2.63 bits per heavy atom. The first-order chi connectivity index (χ1) is 9.29. The molecular formula is C15H17N3O. The smallest absolute Gasteiger partial charge is 0.102 e. The van der Waals surface area contributed by atoms with E-state index < -0.39 is 0 Å². The molecule has 4 nitrogen and oxygen atoms in total. The molecule has 0 aliphatic rings. The molecule has 0 radical (unpaired) electrons. The van der Waals surface area contributed by atoms with Crippen molar-refractivity contribution in [2.45, 2.75) is 13.0 Å². The Kier molecular flexibility index (Phi) is 4.75. The number of hydrogen-bond donors (Lipinski definition) is 0. The highest BCUT2D eigenvalue weighted by atomic mass is 16.5. The van der Waals surface area contributed by atoms with E-state index in [4.69, 9.17) is 4.74 Å². The molecule has 1 heterocycles. The van der Waals surface area contributed by atoms with Gasteiger partial charge in [0.1, 0.15) is 6.10 Å². The van der Waals surface area contributed by atoms with E-state index in [1.54, 1.807) is 25.7 Å². The lowest BCUT2D eigenvalue weighted by molar-refractivity contribution is 0.111. The lowest BCUT2D eigenvalue weighted by Gasteiger charge is -2.12. The molecule has 98 valence electrons.